The van der Waals surface area contributed by atoms with Crippen LogP contribution in [0.15, 0.2) is 24.3 Å². The van der Waals surface area contributed by atoms with Gasteiger partial charge in [0, 0.05) is 18.8 Å². The summed E-state index contributed by atoms with van der Waals surface area (Å²) in [4.78, 5) is 13.9. The second-order valence-corrected chi connectivity index (χ2v) is 4.96. The van der Waals surface area contributed by atoms with Crippen LogP contribution in [0.2, 0.25) is 0 Å². The highest BCUT2D eigenvalue weighted by atomic mass is 16.5. The van der Waals surface area contributed by atoms with Gasteiger partial charge in [0.05, 0.1) is 12.2 Å². The molecule has 0 unspecified atom stereocenters. The fourth-order valence-electron chi connectivity index (χ4n) is 2.18. The molecular weight excluding hydrogens is 228 g/mol. The molecule has 4 nitrogen and oxygen atoms in total. The molecule has 0 bridgehead atoms. The monoisotopic (exact) mass is 248 g/mol. The lowest BCUT2D eigenvalue weighted by Crippen LogP contribution is -2.49. The second kappa shape index (κ2) is 5.40. The van der Waals surface area contributed by atoms with E-state index in [2.05, 4.69) is 5.32 Å². The Morgan fingerprint density at radius 2 is 1.78 bits per heavy atom. The number of amides is 2. The number of morpholine rings is 1. The van der Waals surface area contributed by atoms with Crippen molar-refractivity contribution in [2.24, 2.45) is 0 Å². The first-order valence-electron chi connectivity index (χ1n) is 6.32. The van der Waals surface area contributed by atoms with Crippen LogP contribution in [0, 0.1) is 6.92 Å². The van der Waals surface area contributed by atoms with Crippen LogP contribution in [0.25, 0.3) is 0 Å². The quantitative estimate of drug-likeness (QED) is 0.830. The number of carbonyl (C=O) groups is 1. The minimum absolute atomic E-state index is 0.0548. The van der Waals surface area contributed by atoms with Gasteiger partial charge in [0.25, 0.3) is 0 Å². The molecule has 1 aromatic carbocycles. The van der Waals surface area contributed by atoms with Crippen LogP contribution in [0.3, 0.4) is 0 Å². The molecule has 2 amide bonds. The molecule has 1 aliphatic heterocycles. The number of urea groups is 1. The Hall–Kier alpha value is -1.55. The van der Waals surface area contributed by atoms with Crippen LogP contribution in [0.4, 0.5) is 10.5 Å². The number of ether oxygens (including phenoxy) is 1. The molecule has 18 heavy (non-hydrogen) atoms. The van der Waals surface area contributed by atoms with E-state index in [0.29, 0.717) is 13.1 Å². The van der Waals surface area contributed by atoms with Gasteiger partial charge in [0.15, 0.2) is 0 Å². The molecule has 1 heterocycles. The summed E-state index contributed by atoms with van der Waals surface area (Å²) in [5, 5.41) is 2.91. The predicted molar refractivity (Wildman–Crippen MR) is 71.8 cm³/mol. The Morgan fingerprint density at radius 1 is 1.22 bits per heavy atom. The molecule has 1 aromatic rings. The predicted octanol–water partition coefficient (Wildman–Crippen LogP) is 2.64. The molecule has 0 aliphatic carbocycles. The zero-order valence-electron chi connectivity index (χ0n) is 11.1. The lowest BCUT2D eigenvalue weighted by atomic mass is 10.2. The molecule has 0 spiro atoms. The van der Waals surface area contributed by atoms with E-state index >= 15 is 0 Å². The maximum Gasteiger partial charge on any atom is 0.322 e. The van der Waals surface area contributed by atoms with Crippen molar-refractivity contribution in [2.45, 2.75) is 33.0 Å². The molecule has 1 saturated heterocycles. The molecule has 0 aromatic heterocycles. The van der Waals surface area contributed by atoms with Crippen molar-refractivity contribution < 1.29 is 9.53 Å². The van der Waals surface area contributed by atoms with Crippen LogP contribution < -0.4 is 5.32 Å². The standard InChI is InChI=1S/C14H20N2O2/c1-10-4-6-13(7-5-10)15-14(17)16-8-11(2)18-12(3)9-16/h4-7,11-12H,8-9H2,1-3H3,(H,15,17)/t11-,12+. The van der Waals surface area contributed by atoms with Crippen molar-refractivity contribution in [1.82, 2.24) is 4.90 Å². The third-order valence-corrected chi connectivity index (χ3v) is 3.01. The topological polar surface area (TPSA) is 41.6 Å². The van der Waals surface area contributed by atoms with E-state index in [-0.39, 0.29) is 18.2 Å². The Balaban J connectivity index is 1.97. The number of carbonyl (C=O) groups excluding carboxylic acids is 1. The molecule has 2 atom stereocenters. The Labute approximate surface area is 108 Å². The lowest BCUT2D eigenvalue weighted by molar-refractivity contribution is -0.0530. The average Bonchev–Trinajstić information content (AvgIpc) is 2.31. The van der Waals surface area contributed by atoms with Crippen LogP contribution in [0.5, 0.6) is 0 Å². The van der Waals surface area contributed by atoms with E-state index in [0.717, 1.165) is 5.69 Å². The van der Waals surface area contributed by atoms with Crippen LogP contribution in [-0.4, -0.2) is 36.2 Å². The largest absolute Gasteiger partial charge is 0.372 e. The fraction of sp³-hybridized carbons (Fsp3) is 0.500. The average molecular weight is 248 g/mol. The second-order valence-electron chi connectivity index (χ2n) is 4.96. The first-order valence-corrected chi connectivity index (χ1v) is 6.32. The van der Waals surface area contributed by atoms with Crippen molar-refractivity contribution in [3.05, 3.63) is 29.8 Å². The molecular formula is C14H20N2O2. The molecule has 4 heteroatoms. The van der Waals surface area contributed by atoms with Gasteiger partial charge in [-0.25, -0.2) is 4.79 Å². The summed E-state index contributed by atoms with van der Waals surface area (Å²) in [5.41, 5.74) is 2.01. The summed E-state index contributed by atoms with van der Waals surface area (Å²) in [5.74, 6) is 0. The highest BCUT2D eigenvalue weighted by molar-refractivity contribution is 5.89. The first-order chi connectivity index (χ1) is 8.54. The van der Waals surface area contributed by atoms with E-state index in [1.807, 2.05) is 45.0 Å². The van der Waals surface area contributed by atoms with Crippen molar-refractivity contribution in [2.75, 3.05) is 18.4 Å². The Bertz CT molecular complexity index is 406. The summed E-state index contributed by atoms with van der Waals surface area (Å²) in [6, 6.07) is 7.75. The van der Waals surface area contributed by atoms with Gasteiger partial charge in [-0.05, 0) is 32.9 Å². The van der Waals surface area contributed by atoms with Crippen LogP contribution in [-0.2, 0) is 4.74 Å². The Kier molecular flexibility index (Phi) is 3.87. The summed E-state index contributed by atoms with van der Waals surface area (Å²) in [7, 11) is 0. The lowest BCUT2D eigenvalue weighted by Gasteiger charge is -2.35. The Morgan fingerprint density at radius 3 is 2.33 bits per heavy atom. The van der Waals surface area contributed by atoms with Crippen molar-refractivity contribution >= 4 is 11.7 Å². The van der Waals surface area contributed by atoms with E-state index in [1.165, 1.54) is 5.56 Å². The summed E-state index contributed by atoms with van der Waals surface area (Å²) in [6.07, 6.45) is 0.190. The van der Waals surface area contributed by atoms with Crippen molar-refractivity contribution in [3.8, 4) is 0 Å². The number of hydrogen-bond donors (Lipinski definition) is 1. The third-order valence-electron chi connectivity index (χ3n) is 3.01. The highest BCUT2D eigenvalue weighted by Crippen LogP contribution is 2.14. The van der Waals surface area contributed by atoms with E-state index in [1.54, 1.807) is 4.90 Å². The number of rotatable bonds is 1. The van der Waals surface area contributed by atoms with Crippen LogP contribution >= 0.6 is 0 Å². The molecule has 1 N–H and O–H groups in total. The van der Waals surface area contributed by atoms with E-state index in [4.69, 9.17) is 4.74 Å². The van der Waals surface area contributed by atoms with Gasteiger partial charge < -0.3 is 15.0 Å². The van der Waals surface area contributed by atoms with E-state index < -0.39 is 0 Å². The minimum atomic E-state index is -0.0548. The minimum Gasteiger partial charge on any atom is -0.372 e. The molecule has 0 radical (unpaired) electrons. The number of anilines is 1. The number of nitrogens with one attached hydrogen (secondary N) is 1. The molecule has 2 rings (SSSR count). The molecule has 0 saturated carbocycles. The maximum absolute atomic E-state index is 12.1. The summed E-state index contributed by atoms with van der Waals surface area (Å²) in [6.45, 7) is 7.28. The zero-order chi connectivity index (χ0) is 13.1. The number of benzene rings is 1. The molecule has 1 fully saturated rings. The maximum atomic E-state index is 12.1. The molecule has 1 aliphatic rings. The highest BCUT2D eigenvalue weighted by Gasteiger charge is 2.25. The number of nitrogens with zero attached hydrogens (tertiary/aromatic N) is 1. The smallest absolute Gasteiger partial charge is 0.322 e. The van der Waals surface area contributed by atoms with Crippen molar-refractivity contribution in [1.29, 1.82) is 0 Å². The third kappa shape index (κ3) is 3.23. The van der Waals surface area contributed by atoms with E-state index in [9.17, 15) is 4.79 Å². The molecule has 98 valence electrons. The van der Waals surface area contributed by atoms with Gasteiger partial charge in [0.1, 0.15) is 0 Å². The van der Waals surface area contributed by atoms with Gasteiger partial charge in [-0.3, -0.25) is 0 Å². The van der Waals surface area contributed by atoms with Gasteiger partial charge in [-0.15, -0.1) is 0 Å². The van der Waals surface area contributed by atoms with Gasteiger partial charge in [0.2, 0.25) is 0 Å². The van der Waals surface area contributed by atoms with Gasteiger partial charge in [-0.2, -0.15) is 0 Å². The number of aryl methyl sites for hydroxylation is 1. The summed E-state index contributed by atoms with van der Waals surface area (Å²) < 4.78 is 5.61. The van der Waals surface area contributed by atoms with Gasteiger partial charge in [-0.1, -0.05) is 17.7 Å². The number of hydrogen-bond acceptors (Lipinski definition) is 2. The fourth-order valence-corrected chi connectivity index (χ4v) is 2.18. The zero-order valence-corrected chi connectivity index (χ0v) is 11.1. The normalized spacial score (nSPS) is 23.8. The van der Waals surface area contributed by atoms with Crippen molar-refractivity contribution in [3.63, 3.8) is 0 Å². The first kappa shape index (κ1) is 12.9. The summed E-state index contributed by atoms with van der Waals surface area (Å²) >= 11 is 0. The van der Waals surface area contributed by atoms with Gasteiger partial charge >= 0.3 is 6.03 Å². The SMILES string of the molecule is Cc1ccc(NC(=O)N2C[C@@H](C)O[C@@H](C)C2)cc1. The van der Waals surface area contributed by atoms with Crippen LogP contribution in [0.1, 0.15) is 19.4 Å².